The maximum absolute atomic E-state index is 13.0. The Morgan fingerprint density at radius 3 is 2.55 bits per heavy atom. The smallest absolute Gasteiger partial charge is 0.256 e. The van der Waals surface area contributed by atoms with Crippen LogP contribution in [0.4, 0.5) is 11.4 Å². The first-order valence-corrected chi connectivity index (χ1v) is 11.7. The van der Waals surface area contributed by atoms with Crippen LogP contribution in [0.2, 0.25) is 0 Å². The number of carbonyl (C=O) groups is 2. The van der Waals surface area contributed by atoms with Gasteiger partial charge in [0.1, 0.15) is 5.75 Å². The van der Waals surface area contributed by atoms with Crippen LogP contribution in [-0.2, 0) is 14.6 Å². The summed E-state index contributed by atoms with van der Waals surface area (Å²) in [6.45, 7) is 1.40. The number of nitrogens with one attached hydrogen (secondary N) is 2. The number of hydrogen-bond acceptors (Lipinski definition) is 6. The predicted octanol–water partition coefficient (Wildman–Crippen LogP) is 3.19. The number of carbonyl (C=O) groups excluding carboxylic acids is 2. The Morgan fingerprint density at radius 1 is 1.14 bits per heavy atom. The maximum atomic E-state index is 13.0. The number of sulfone groups is 1. The Kier molecular flexibility index (Phi) is 6.49. The van der Waals surface area contributed by atoms with Crippen molar-refractivity contribution < 1.29 is 22.7 Å². The van der Waals surface area contributed by atoms with E-state index >= 15 is 0 Å². The number of benzene rings is 2. The lowest BCUT2D eigenvalue weighted by molar-refractivity contribution is -0.114. The number of hydrogen-bond donors (Lipinski definition) is 2. The maximum Gasteiger partial charge on any atom is 0.256 e. The Balaban J connectivity index is 1.82. The van der Waals surface area contributed by atoms with Gasteiger partial charge in [-0.05, 0) is 36.8 Å². The van der Waals surface area contributed by atoms with Crippen molar-refractivity contribution in [2.24, 2.45) is 0 Å². The van der Waals surface area contributed by atoms with Crippen molar-refractivity contribution >= 4 is 44.8 Å². The van der Waals surface area contributed by atoms with Crippen LogP contribution in [0.3, 0.4) is 0 Å². The van der Waals surface area contributed by atoms with E-state index in [4.69, 9.17) is 4.74 Å². The lowest BCUT2D eigenvalue weighted by Gasteiger charge is -2.15. The van der Waals surface area contributed by atoms with Crippen molar-refractivity contribution in [3.05, 3.63) is 48.0 Å². The average Bonchev–Trinajstić information content (AvgIpc) is 3.00. The van der Waals surface area contributed by atoms with Crippen molar-refractivity contribution in [2.45, 2.75) is 23.5 Å². The highest BCUT2D eigenvalue weighted by Gasteiger charge is 2.29. The van der Waals surface area contributed by atoms with Crippen LogP contribution < -0.4 is 15.4 Å². The summed E-state index contributed by atoms with van der Waals surface area (Å²) in [7, 11) is -1.50. The third-order valence-electron chi connectivity index (χ3n) is 4.38. The van der Waals surface area contributed by atoms with Gasteiger partial charge in [-0.3, -0.25) is 9.59 Å². The van der Waals surface area contributed by atoms with E-state index in [9.17, 15) is 18.0 Å². The average molecular weight is 435 g/mol. The molecule has 1 heterocycles. The second-order valence-corrected chi connectivity index (χ2v) is 10.3. The van der Waals surface area contributed by atoms with E-state index in [1.54, 1.807) is 30.3 Å². The molecule has 154 valence electrons. The normalized spacial score (nSPS) is 17.5. The fourth-order valence-electron chi connectivity index (χ4n) is 3.07. The molecule has 3 rings (SSSR count). The second kappa shape index (κ2) is 8.87. The molecule has 9 heteroatoms. The van der Waals surface area contributed by atoms with Gasteiger partial charge in [0, 0.05) is 22.8 Å². The molecule has 29 heavy (non-hydrogen) atoms. The van der Waals surface area contributed by atoms with Crippen molar-refractivity contribution in [1.29, 1.82) is 0 Å². The third kappa shape index (κ3) is 5.51. The molecule has 1 fully saturated rings. The van der Waals surface area contributed by atoms with E-state index in [0.717, 1.165) is 4.90 Å². The first-order valence-electron chi connectivity index (χ1n) is 9.00. The first-order chi connectivity index (χ1) is 13.8. The molecule has 1 aliphatic rings. The van der Waals surface area contributed by atoms with E-state index in [2.05, 4.69) is 10.6 Å². The fourth-order valence-corrected chi connectivity index (χ4v) is 6.69. The Morgan fingerprint density at radius 2 is 1.90 bits per heavy atom. The number of methoxy groups -OCH3 is 1. The summed E-state index contributed by atoms with van der Waals surface area (Å²) in [5, 5.41) is 5.43. The van der Waals surface area contributed by atoms with Gasteiger partial charge in [-0.15, -0.1) is 11.8 Å². The topological polar surface area (TPSA) is 102 Å². The molecule has 1 atom stereocenters. The van der Waals surface area contributed by atoms with Crippen LogP contribution >= 0.6 is 11.8 Å². The number of rotatable bonds is 6. The summed E-state index contributed by atoms with van der Waals surface area (Å²) in [4.78, 5) is 25.0. The zero-order chi connectivity index (χ0) is 21.0. The molecular weight excluding hydrogens is 412 g/mol. The highest BCUT2D eigenvalue weighted by Crippen LogP contribution is 2.34. The fraction of sp³-hybridized carbons (Fsp3) is 0.300. The summed E-state index contributed by atoms with van der Waals surface area (Å²) in [5.74, 6) is 0.208. The van der Waals surface area contributed by atoms with Crippen LogP contribution in [0.5, 0.6) is 5.75 Å². The van der Waals surface area contributed by atoms with Gasteiger partial charge in [0.25, 0.3) is 5.91 Å². The molecule has 0 saturated carbocycles. The Hall–Kier alpha value is -2.52. The van der Waals surface area contributed by atoms with Crippen LogP contribution in [0.25, 0.3) is 0 Å². The molecule has 0 aromatic heterocycles. The zero-order valence-electron chi connectivity index (χ0n) is 16.1. The molecule has 1 unspecified atom stereocenters. The summed E-state index contributed by atoms with van der Waals surface area (Å²) in [6, 6.07) is 12.1. The van der Waals surface area contributed by atoms with Crippen LogP contribution in [-0.4, -0.2) is 44.1 Å². The molecule has 2 aromatic carbocycles. The summed E-state index contributed by atoms with van der Waals surface area (Å²) in [5.41, 5.74) is 1.41. The number of thioether (sulfide) groups is 1. The minimum atomic E-state index is -2.99. The summed E-state index contributed by atoms with van der Waals surface area (Å²) >= 11 is 1.41. The minimum Gasteiger partial charge on any atom is -0.495 e. The quantitative estimate of drug-likeness (QED) is 0.724. The van der Waals surface area contributed by atoms with Gasteiger partial charge in [-0.1, -0.05) is 12.1 Å². The Labute approximate surface area is 174 Å². The van der Waals surface area contributed by atoms with Gasteiger partial charge in [-0.25, -0.2) is 8.42 Å². The SMILES string of the molecule is COc1ccc(NC(C)=O)cc1NC(=O)c1ccccc1SC1CCS(=O)(=O)C1. The molecule has 0 spiro atoms. The largest absolute Gasteiger partial charge is 0.495 e. The minimum absolute atomic E-state index is 0.0634. The van der Waals surface area contributed by atoms with E-state index in [1.807, 2.05) is 12.1 Å². The predicted molar refractivity (Wildman–Crippen MR) is 115 cm³/mol. The molecule has 2 aromatic rings. The third-order valence-corrected chi connectivity index (χ3v) is 7.71. The molecule has 0 radical (unpaired) electrons. The molecular formula is C20H22N2O5S2. The lowest BCUT2D eigenvalue weighted by atomic mass is 10.2. The van der Waals surface area contributed by atoms with Crippen molar-refractivity contribution in [3.8, 4) is 5.75 Å². The zero-order valence-corrected chi connectivity index (χ0v) is 17.7. The molecule has 2 amide bonds. The van der Waals surface area contributed by atoms with Crippen molar-refractivity contribution in [3.63, 3.8) is 0 Å². The Bertz CT molecular complexity index is 1040. The molecule has 2 N–H and O–H groups in total. The monoisotopic (exact) mass is 434 g/mol. The first kappa shape index (κ1) is 21.2. The second-order valence-electron chi connectivity index (χ2n) is 6.69. The molecule has 0 aliphatic carbocycles. The molecule has 0 bridgehead atoms. The highest BCUT2D eigenvalue weighted by atomic mass is 32.2. The van der Waals surface area contributed by atoms with Gasteiger partial charge in [-0.2, -0.15) is 0 Å². The highest BCUT2D eigenvalue weighted by molar-refractivity contribution is 8.02. The van der Waals surface area contributed by atoms with Gasteiger partial charge < -0.3 is 15.4 Å². The molecule has 7 nitrogen and oxygen atoms in total. The summed E-state index contributed by atoms with van der Waals surface area (Å²) in [6.07, 6.45) is 0.579. The standard InChI is InChI=1S/C20H22N2O5S2/c1-13(23)21-14-7-8-18(27-2)17(11-14)22-20(24)16-5-3-4-6-19(16)28-15-9-10-29(25,26)12-15/h3-8,11,15H,9-10,12H2,1-2H3,(H,21,23)(H,22,24). The van der Waals surface area contributed by atoms with Crippen LogP contribution in [0.1, 0.15) is 23.7 Å². The lowest BCUT2D eigenvalue weighted by Crippen LogP contribution is -2.15. The van der Waals surface area contributed by atoms with Crippen molar-refractivity contribution in [1.82, 2.24) is 0 Å². The van der Waals surface area contributed by atoms with Gasteiger partial charge in [0.2, 0.25) is 5.91 Å². The van der Waals surface area contributed by atoms with E-state index in [-0.39, 0.29) is 28.6 Å². The van der Waals surface area contributed by atoms with Crippen LogP contribution in [0, 0.1) is 0 Å². The number of ether oxygens (including phenoxy) is 1. The van der Waals surface area contributed by atoms with Crippen molar-refractivity contribution in [2.75, 3.05) is 29.2 Å². The number of anilines is 2. The van der Waals surface area contributed by atoms with Gasteiger partial charge >= 0.3 is 0 Å². The van der Waals surface area contributed by atoms with Gasteiger partial charge in [0.05, 0.1) is 29.9 Å². The molecule has 1 aliphatic heterocycles. The number of amides is 2. The molecule has 1 saturated heterocycles. The van der Waals surface area contributed by atoms with Crippen LogP contribution in [0.15, 0.2) is 47.4 Å². The van der Waals surface area contributed by atoms with E-state index in [0.29, 0.717) is 29.1 Å². The van der Waals surface area contributed by atoms with Gasteiger partial charge in [0.15, 0.2) is 9.84 Å². The van der Waals surface area contributed by atoms with E-state index < -0.39 is 9.84 Å². The summed E-state index contributed by atoms with van der Waals surface area (Å²) < 4.78 is 28.8. The van der Waals surface area contributed by atoms with E-state index in [1.165, 1.54) is 25.8 Å².